The van der Waals surface area contributed by atoms with Gasteiger partial charge in [0.2, 0.25) is 0 Å². The SMILES string of the molecule is CCCC(CCC)C(=O)O.[H-].[Li+]. The van der Waals surface area contributed by atoms with Crippen molar-refractivity contribution >= 4 is 5.97 Å². The van der Waals surface area contributed by atoms with E-state index >= 15 is 0 Å². The summed E-state index contributed by atoms with van der Waals surface area (Å²) in [6.07, 6.45) is 3.58. The normalized spacial score (nSPS) is 9.36. The number of carbonyl (C=O) groups is 1. The maximum atomic E-state index is 10.5. The number of carboxylic acid groups (broad SMARTS) is 1. The summed E-state index contributed by atoms with van der Waals surface area (Å²) in [5, 5.41) is 8.64. The summed E-state index contributed by atoms with van der Waals surface area (Å²) in [7, 11) is 0. The summed E-state index contributed by atoms with van der Waals surface area (Å²) in [4.78, 5) is 10.5. The number of carboxylic acids is 1. The molecule has 0 aromatic heterocycles. The minimum atomic E-state index is -0.635. The number of hydrogen-bond donors (Lipinski definition) is 1. The molecule has 0 atom stereocenters. The molecule has 0 aromatic carbocycles. The Morgan fingerprint density at radius 3 is 1.91 bits per heavy atom. The van der Waals surface area contributed by atoms with E-state index in [0.29, 0.717) is 0 Å². The fourth-order valence-corrected chi connectivity index (χ4v) is 1.09. The van der Waals surface area contributed by atoms with Gasteiger partial charge in [-0.05, 0) is 12.8 Å². The van der Waals surface area contributed by atoms with Crippen LogP contribution in [0.2, 0.25) is 0 Å². The third kappa shape index (κ3) is 6.46. The van der Waals surface area contributed by atoms with Crippen molar-refractivity contribution in [3.8, 4) is 0 Å². The van der Waals surface area contributed by atoms with Crippen LogP contribution >= 0.6 is 0 Å². The molecule has 0 unspecified atom stereocenters. The van der Waals surface area contributed by atoms with E-state index in [1.165, 1.54) is 0 Å². The van der Waals surface area contributed by atoms with Crippen molar-refractivity contribution < 1.29 is 30.2 Å². The van der Waals surface area contributed by atoms with Crippen LogP contribution < -0.4 is 18.9 Å². The van der Waals surface area contributed by atoms with Crippen molar-refractivity contribution in [1.29, 1.82) is 0 Å². The number of aliphatic carboxylic acids is 1. The average Bonchev–Trinajstić information content (AvgIpc) is 1.87. The van der Waals surface area contributed by atoms with Gasteiger partial charge in [-0.3, -0.25) is 4.79 Å². The number of hydrogen-bond acceptors (Lipinski definition) is 1. The van der Waals surface area contributed by atoms with Gasteiger partial charge in [0.15, 0.2) is 0 Å². The van der Waals surface area contributed by atoms with Crippen molar-refractivity contribution in [1.82, 2.24) is 0 Å². The van der Waals surface area contributed by atoms with Gasteiger partial charge >= 0.3 is 24.8 Å². The minimum Gasteiger partial charge on any atom is -1.00 e. The van der Waals surface area contributed by atoms with Gasteiger partial charge in [0.05, 0.1) is 5.92 Å². The first kappa shape index (κ1) is 13.6. The molecular weight excluding hydrogens is 135 g/mol. The zero-order valence-electron chi connectivity index (χ0n) is 8.76. The standard InChI is InChI=1S/C8H16O2.Li.H/c1-3-5-7(6-4-2)8(9)10;;/h7H,3-6H2,1-2H3,(H,9,10);;/q;+1;-1. The monoisotopic (exact) mass is 152 g/mol. The van der Waals surface area contributed by atoms with Crippen molar-refractivity contribution in [2.45, 2.75) is 39.5 Å². The van der Waals surface area contributed by atoms with Crippen LogP contribution in [0.25, 0.3) is 0 Å². The second-order valence-corrected chi connectivity index (χ2v) is 2.61. The molecule has 0 bridgehead atoms. The summed E-state index contributed by atoms with van der Waals surface area (Å²) in [6, 6.07) is 0. The second kappa shape index (κ2) is 8.17. The van der Waals surface area contributed by atoms with Gasteiger partial charge < -0.3 is 6.53 Å². The molecule has 0 heterocycles. The Balaban J connectivity index is -0.000000405. The van der Waals surface area contributed by atoms with Gasteiger partial charge in [-0.1, -0.05) is 26.7 Å². The first-order valence-electron chi connectivity index (χ1n) is 3.95. The molecule has 0 rings (SSSR count). The Morgan fingerprint density at radius 2 is 1.73 bits per heavy atom. The largest absolute Gasteiger partial charge is 1.00 e. The fraction of sp³-hybridized carbons (Fsp3) is 0.875. The van der Waals surface area contributed by atoms with E-state index in [2.05, 4.69) is 0 Å². The van der Waals surface area contributed by atoms with Gasteiger partial charge in [-0.2, -0.15) is 0 Å². The van der Waals surface area contributed by atoms with Gasteiger partial charge in [0.1, 0.15) is 0 Å². The molecule has 62 valence electrons. The topological polar surface area (TPSA) is 37.3 Å². The van der Waals surface area contributed by atoms with Crippen molar-refractivity contribution in [2.24, 2.45) is 5.92 Å². The molecule has 0 fully saturated rings. The molecule has 0 spiro atoms. The zero-order chi connectivity index (χ0) is 7.98. The first-order valence-corrected chi connectivity index (χ1v) is 3.95. The van der Waals surface area contributed by atoms with E-state index in [-0.39, 0.29) is 26.2 Å². The van der Waals surface area contributed by atoms with Crippen molar-refractivity contribution in [3.63, 3.8) is 0 Å². The van der Waals surface area contributed by atoms with Crippen molar-refractivity contribution in [2.75, 3.05) is 0 Å². The summed E-state index contributed by atoms with van der Waals surface area (Å²) < 4.78 is 0. The quantitative estimate of drug-likeness (QED) is 0.534. The third-order valence-corrected chi connectivity index (χ3v) is 1.62. The van der Waals surface area contributed by atoms with Gasteiger partial charge in [0, 0.05) is 0 Å². The Labute approximate surface area is 82.0 Å². The Bertz CT molecular complexity index is 103. The summed E-state index contributed by atoms with van der Waals surface area (Å²) >= 11 is 0. The maximum Gasteiger partial charge on any atom is 1.00 e. The fourth-order valence-electron chi connectivity index (χ4n) is 1.09. The van der Waals surface area contributed by atoms with E-state index in [0.717, 1.165) is 25.7 Å². The molecule has 0 aliphatic heterocycles. The second-order valence-electron chi connectivity index (χ2n) is 2.61. The van der Waals surface area contributed by atoms with Crippen LogP contribution in [0.15, 0.2) is 0 Å². The van der Waals surface area contributed by atoms with E-state index in [4.69, 9.17) is 5.11 Å². The smallest absolute Gasteiger partial charge is 1.00 e. The molecule has 0 aliphatic rings. The van der Waals surface area contributed by atoms with Crippen molar-refractivity contribution in [3.05, 3.63) is 0 Å². The molecule has 0 saturated carbocycles. The predicted molar refractivity (Wildman–Crippen MR) is 42.1 cm³/mol. The molecule has 2 nitrogen and oxygen atoms in total. The molecule has 1 N–H and O–H groups in total. The molecule has 0 aromatic rings. The Kier molecular flexibility index (Phi) is 10.1. The molecule has 0 radical (unpaired) electrons. The maximum absolute atomic E-state index is 10.5. The minimum absolute atomic E-state index is 0. The van der Waals surface area contributed by atoms with Crippen LogP contribution in [-0.4, -0.2) is 11.1 Å². The van der Waals surface area contributed by atoms with Crippen LogP contribution in [0.3, 0.4) is 0 Å². The zero-order valence-corrected chi connectivity index (χ0v) is 7.76. The van der Waals surface area contributed by atoms with Gasteiger partial charge in [-0.25, -0.2) is 0 Å². The van der Waals surface area contributed by atoms with Crippen LogP contribution in [0.5, 0.6) is 0 Å². The van der Waals surface area contributed by atoms with E-state index < -0.39 is 5.97 Å². The molecule has 0 aliphatic carbocycles. The Hall–Kier alpha value is 0.0674. The van der Waals surface area contributed by atoms with E-state index in [1.807, 2.05) is 13.8 Å². The summed E-state index contributed by atoms with van der Waals surface area (Å²) in [5.41, 5.74) is 0. The third-order valence-electron chi connectivity index (χ3n) is 1.62. The molecule has 0 amide bonds. The average molecular weight is 152 g/mol. The Morgan fingerprint density at radius 1 is 1.36 bits per heavy atom. The predicted octanol–water partition coefficient (Wildman–Crippen LogP) is -0.596. The van der Waals surface area contributed by atoms with Gasteiger partial charge in [0.25, 0.3) is 0 Å². The molecule has 0 saturated heterocycles. The van der Waals surface area contributed by atoms with Crippen LogP contribution in [0.1, 0.15) is 41.0 Å². The first-order chi connectivity index (χ1) is 4.72. The number of rotatable bonds is 5. The van der Waals surface area contributed by atoms with Crippen LogP contribution in [-0.2, 0) is 4.79 Å². The molecule has 3 heteroatoms. The van der Waals surface area contributed by atoms with E-state index in [1.54, 1.807) is 0 Å². The van der Waals surface area contributed by atoms with Crippen LogP contribution in [0, 0.1) is 5.92 Å². The summed E-state index contributed by atoms with van der Waals surface area (Å²) in [6.45, 7) is 4.04. The molecular formula is C8H17LiO2. The van der Waals surface area contributed by atoms with Crippen LogP contribution in [0.4, 0.5) is 0 Å². The van der Waals surface area contributed by atoms with Gasteiger partial charge in [-0.15, -0.1) is 0 Å². The molecule has 11 heavy (non-hydrogen) atoms. The summed E-state index contributed by atoms with van der Waals surface area (Å²) in [5.74, 6) is -0.737. The van der Waals surface area contributed by atoms with E-state index in [9.17, 15) is 4.79 Å².